The lowest BCUT2D eigenvalue weighted by molar-refractivity contribution is -0.123. The number of amides is 1. The predicted molar refractivity (Wildman–Crippen MR) is 75.5 cm³/mol. The topological polar surface area (TPSA) is 67.6 Å². The summed E-state index contributed by atoms with van der Waals surface area (Å²) in [5, 5.41) is 2.89. The second-order valence-electron chi connectivity index (χ2n) is 4.46. The quantitative estimate of drug-likeness (QED) is 0.510. The average molecular weight is 273 g/mol. The number of hydrogen-bond donors (Lipinski definition) is 2. The predicted octanol–water partition coefficient (Wildman–Crippen LogP) is 0.137. The van der Waals surface area contributed by atoms with Crippen LogP contribution in [0.15, 0.2) is 0 Å². The van der Waals surface area contributed by atoms with Crippen LogP contribution < -0.4 is 11.1 Å². The van der Waals surface area contributed by atoms with E-state index in [1.165, 1.54) is 0 Å². The second-order valence-corrected chi connectivity index (χ2v) is 4.93. The molecule has 5 nitrogen and oxygen atoms in total. The Morgan fingerprint density at radius 3 is 2.72 bits per heavy atom. The van der Waals surface area contributed by atoms with Gasteiger partial charge in [0.05, 0.1) is 24.1 Å². The van der Waals surface area contributed by atoms with Gasteiger partial charge in [0.2, 0.25) is 5.91 Å². The van der Waals surface area contributed by atoms with Gasteiger partial charge < -0.3 is 15.8 Å². The van der Waals surface area contributed by atoms with E-state index in [0.717, 1.165) is 39.3 Å². The molecule has 1 amide bonds. The summed E-state index contributed by atoms with van der Waals surface area (Å²) in [6.07, 6.45) is 1.60. The Balaban J connectivity index is 2.12. The Bertz CT molecular complexity index is 280. The molecule has 1 saturated heterocycles. The van der Waals surface area contributed by atoms with Crippen LogP contribution in [0.1, 0.15) is 19.8 Å². The number of nitrogens with two attached hydrogens (primary N) is 1. The molecule has 0 spiro atoms. The second kappa shape index (κ2) is 8.39. The van der Waals surface area contributed by atoms with Gasteiger partial charge in [-0.05, 0) is 19.4 Å². The summed E-state index contributed by atoms with van der Waals surface area (Å²) in [4.78, 5) is 14.4. The zero-order valence-electron chi connectivity index (χ0n) is 11.0. The molecule has 1 aliphatic rings. The molecule has 104 valence electrons. The van der Waals surface area contributed by atoms with Crippen molar-refractivity contribution in [1.82, 2.24) is 10.2 Å². The monoisotopic (exact) mass is 273 g/mol. The van der Waals surface area contributed by atoms with Crippen molar-refractivity contribution in [2.75, 3.05) is 39.4 Å². The average Bonchev–Trinajstić information content (AvgIpc) is 2.36. The molecule has 3 N–H and O–H groups in total. The summed E-state index contributed by atoms with van der Waals surface area (Å²) in [6, 6.07) is 0. The molecule has 1 aliphatic heterocycles. The Hall–Kier alpha value is -0.720. The number of morpholine rings is 1. The first kappa shape index (κ1) is 15.3. The van der Waals surface area contributed by atoms with Crippen LogP contribution >= 0.6 is 12.2 Å². The third-order valence-electron chi connectivity index (χ3n) is 3.12. The lowest BCUT2D eigenvalue weighted by Gasteiger charge is -2.26. The van der Waals surface area contributed by atoms with Crippen LogP contribution in [0, 0.1) is 5.92 Å². The molecule has 0 aromatic carbocycles. The first-order valence-corrected chi connectivity index (χ1v) is 6.93. The maximum atomic E-state index is 11.8. The summed E-state index contributed by atoms with van der Waals surface area (Å²) >= 11 is 4.87. The lowest BCUT2D eigenvalue weighted by Crippen LogP contribution is -2.40. The molecular weight excluding hydrogens is 250 g/mol. The van der Waals surface area contributed by atoms with Gasteiger partial charge >= 0.3 is 0 Å². The maximum Gasteiger partial charge on any atom is 0.229 e. The van der Waals surface area contributed by atoms with Gasteiger partial charge in [-0.15, -0.1) is 0 Å². The summed E-state index contributed by atoms with van der Waals surface area (Å²) in [5.41, 5.74) is 5.52. The van der Waals surface area contributed by atoms with Crippen molar-refractivity contribution in [3.8, 4) is 0 Å². The number of hydrogen-bond acceptors (Lipinski definition) is 4. The minimum absolute atomic E-state index is 0.0491. The standard InChI is InChI=1S/C12H23N3O2S/c1-2-10(11(13)18)12(16)14-4-3-5-15-6-8-17-9-7-15/h10H,2-9H2,1H3,(H2,13,18)(H,14,16). The molecule has 0 saturated carbocycles. The maximum absolute atomic E-state index is 11.8. The molecular formula is C12H23N3O2S. The summed E-state index contributed by atoms with van der Waals surface area (Å²) < 4.78 is 5.28. The smallest absolute Gasteiger partial charge is 0.229 e. The molecule has 1 unspecified atom stereocenters. The Kier molecular flexibility index (Phi) is 7.15. The number of ether oxygens (including phenoxy) is 1. The number of rotatable bonds is 7. The van der Waals surface area contributed by atoms with Crippen LogP contribution in [-0.2, 0) is 9.53 Å². The van der Waals surface area contributed by atoms with E-state index in [1.54, 1.807) is 0 Å². The van der Waals surface area contributed by atoms with E-state index in [-0.39, 0.29) is 16.8 Å². The Morgan fingerprint density at radius 1 is 1.50 bits per heavy atom. The molecule has 1 atom stereocenters. The highest BCUT2D eigenvalue weighted by atomic mass is 32.1. The van der Waals surface area contributed by atoms with Gasteiger partial charge in [0, 0.05) is 19.6 Å². The van der Waals surface area contributed by atoms with Crippen LogP contribution in [0.4, 0.5) is 0 Å². The zero-order valence-corrected chi connectivity index (χ0v) is 11.8. The van der Waals surface area contributed by atoms with Crippen molar-refractivity contribution in [1.29, 1.82) is 0 Å². The highest BCUT2D eigenvalue weighted by Gasteiger charge is 2.18. The van der Waals surface area contributed by atoms with Gasteiger partial charge in [-0.25, -0.2) is 0 Å². The van der Waals surface area contributed by atoms with Crippen LogP contribution in [0.25, 0.3) is 0 Å². The summed E-state index contributed by atoms with van der Waals surface area (Å²) in [6.45, 7) is 7.17. The van der Waals surface area contributed by atoms with E-state index in [0.29, 0.717) is 13.0 Å². The van der Waals surface area contributed by atoms with E-state index < -0.39 is 0 Å². The van der Waals surface area contributed by atoms with Crippen LogP contribution in [0.2, 0.25) is 0 Å². The molecule has 1 rings (SSSR count). The first-order chi connectivity index (χ1) is 8.65. The van der Waals surface area contributed by atoms with Gasteiger partial charge in [0.15, 0.2) is 0 Å². The molecule has 0 aromatic heterocycles. The minimum atomic E-state index is -0.330. The van der Waals surface area contributed by atoms with E-state index in [2.05, 4.69) is 10.2 Å². The molecule has 1 fully saturated rings. The first-order valence-electron chi connectivity index (χ1n) is 6.52. The van der Waals surface area contributed by atoms with Gasteiger partial charge in [0.25, 0.3) is 0 Å². The van der Waals surface area contributed by atoms with Crippen molar-refractivity contribution < 1.29 is 9.53 Å². The molecule has 0 aromatic rings. The van der Waals surface area contributed by atoms with E-state index in [4.69, 9.17) is 22.7 Å². The molecule has 0 radical (unpaired) electrons. The third kappa shape index (κ3) is 5.29. The van der Waals surface area contributed by atoms with Gasteiger partial charge in [-0.2, -0.15) is 0 Å². The van der Waals surface area contributed by atoms with Gasteiger partial charge in [0.1, 0.15) is 0 Å². The van der Waals surface area contributed by atoms with E-state index >= 15 is 0 Å². The Labute approximate surface area is 114 Å². The number of nitrogens with one attached hydrogen (secondary N) is 1. The Morgan fingerprint density at radius 2 is 2.17 bits per heavy atom. The molecule has 6 heteroatoms. The van der Waals surface area contributed by atoms with Crippen molar-refractivity contribution in [2.24, 2.45) is 11.7 Å². The van der Waals surface area contributed by atoms with E-state index in [1.807, 2.05) is 6.92 Å². The normalized spacial score (nSPS) is 18.3. The van der Waals surface area contributed by atoms with E-state index in [9.17, 15) is 4.79 Å². The van der Waals surface area contributed by atoms with Crippen LogP contribution in [0.3, 0.4) is 0 Å². The van der Waals surface area contributed by atoms with Crippen LogP contribution in [-0.4, -0.2) is 55.2 Å². The summed E-state index contributed by atoms with van der Waals surface area (Å²) in [5.74, 6) is -0.379. The van der Waals surface area contributed by atoms with Crippen molar-refractivity contribution in [2.45, 2.75) is 19.8 Å². The highest BCUT2D eigenvalue weighted by molar-refractivity contribution is 7.80. The van der Waals surface area contributed by atoms with Gasteiger partial charge in [-0.3, -0.25) is 9.69 Å². The molecule has 18 heavy (non-hydrogen) atoms. The molecule has 0 aliphatic carbocycles. The number of nitrogens with zero attached hydrogens (tertiary/aromatic N) is 1. The van der Waals surface area contributed by atoms with Crippen molar-refractivity contribution >= 4 is 23.1 Å². The molecule has 0 bridgehead atoms. The third-order valence-corrected chi connectivity index (χ3v) is 3.41. The van der Waals surface area contributed by atoms with Crippen LogP contribution in [0.5, 0.6) is 0 Å². The van der Waals surface area contributed by atoms with Crippen molar-refractivity contribution in [3.63, 3.8) is 0 Å². The fourth-order valence-corrected chi connectivity index (χ4v) is 2.25. The lowest BCUT2D eigenvalue weighted by atomic mass is 10.1. The SMILES string of the molecule is CCC(C(=O)NCCCN1CCOCC1)C(N)=S. The number of carbonyl (C=O) groups excluding carboxylic acids is 1. The largest absolute Gasteiger partial charge is 0.393 e. The van der Waals surface area contributed by atoms with Gasteiger partial charge in [-0.1, -0.05) is 19.1 Å². The minimum Gasteiger partial charge on any atom is -0.393 e. The zero-order chi connectivity index (χ0) is 13.4. The summed E-state index contributed by atoms with van der Waals surface area (Å²) in [7, 11) is 0. The fourth-order valence-electron chi connectivity index (χ4n) is 1.98. The number of thiocarbonyl (C=S) groups is 1. The number of carbonyl (C=O) groups is 1. The molecule has 1 heterocycles. The van der Waals surface area contributed by atoms with Crippen molar-refractivity contribution in [3.05, 3.63) is 0 Å². The fraction of sp³-hybridized carbons (Fsp3) is 0.833. The highest BCUT2D eigenvalue weighted by Crippen LogP contribution is 2.03.